The molecule has 0 saturated heterocycles. The van der Waals surface area contributed by atoms with Gasteiger partial charge in [-0.3, -0.25) is 0 Å². The van der Waals surface area contributed by atoms with Crippen molar-refractivity contribution in [3.63, 3.8) is 0 Å². The van der Waals surface area contributed by atoms with E-state index >= 15 is 0 Å². The minimum Gasteiger partial charge on any atom is -0.399 e. The van der Waals surface area contributed by atoms with E-state index in [1.54, 1.807) is 0 Å². The molecule has 0 fully saturated rings. The fourth-order valence-electron chi connectivity index (χ4n) is 3.63. The first kappa shape index (κ1) is 14.8. The van der Waals surface area contributed by atoms with Crippen LogP contribution in [-0.2, 0) is 5.41 Å². The Balaban J connectivity index is 1.72. The second kappa shape index (κ2) is 5.38. The molecule has 0 atom stereocenters. The summed E-state index contributed by atoms with van der Waals surface area (Å²) in [5.74, 6) is 0. The molecule has 1 aliphatic rings. The molecule has 24 heavy (non-hydrogen) atoms. The van der Waals surface area contributed by atoms with Crippen LogP contribution in [0.25, 0.3) is 23.3 Å². The van der Waals surface area contributed by atoms with Crippen molar-refractivity contribution in [1.82, 2.24) is 0 Å². The topological polar surface area (TPSA) is 26.0 Å². The number of hydrogen-bond donors (Lipinski definition) is 1. The van der Waals surface area contributed by atoms with Crippen LogP contribution in [0.4, 0.5) is 5.69 Å². The molecular weight excluding hydrogens is 290 g/mol. The third-order valence-corrected chi connectivity index (χ3v) is 5.01. The summed E-state index contributed by atoms with van der Waals surface area (Å²) in [5.41, 5.74) is 14.5. The maximum atomic E-state index is 5.74. The van der Waals surface area contributed by atoms with Crippen molar-refractivity contribution in [2.75, 3.05) is 5.73 Å². The molecule has 0 radical (unpaired) electrons. The van der Waals surface area contributed by atoms with Crippen molar-refractivity contribution in [1.29, 1.82) is 0 Å². The molecule has 0 amide bonds. The van der Waals surface area contributed by atoms with Gasteiger partial charge in [-0.05, 0) is 45.5 Å². The Hall–Kier alpha value is -2.80. The highest BCUT2D eigenvalue weighted by molar-refractivity contribution is 5.82. The third-order valence-electron chi connectivity index (χ3n) is 5.01. The van der Waals surface area contributed by atoms with E-state index in [2.05, 4.69) is 68.5 Å². The van der Waals surface area contributed by atoms with Gasteiger partial charge in [-0.2, -0.15) is 0 Å². The molecular formula is C23H21N. The van der Waals surface area contributed by atoms with Crippen LogP contribution in [0, 0.1) is 0 Å². The van der Waals surface area contributed by atoms with Gasteiger partial charge in [-0.15, -0.1) is 0 Å². The standard InChI is InChI=1S/C23H21N/c1-23(2)21-6-4-3-5-19(21)20-14-11-17(15-22(20)23)8-7-16-9-12-18(24)13-10-16/h3-15H,24H2,1-2H3. The molecule has 1 aliphatic carbocycles. The second-order valence-corrected chi connectivity index (χ2v) is 6.98. The van der Waals surface area contributed by atoms with Crippen molar-refractivity contribution in [3.8, 4) is 11.1 Å². The van der Waals surface area contributed by atoms with Crippen LogP contribution in [0.2, 0.25) is 0 Å². The van der Waals surface area contributed by atoms with E-state index in [0.29, 0.717) is 0 Å². The first-order valence-corrected chi connectivity index (χ1v) is 8.34. The monoisotopic (exact) mass is 311 g/mol. The third kappa shape index (κ3) is 2.33. The quantitative estimate of drug-likeness (QED) is 0.473. The molecule has 0 saturated carbocycles. The van der Waals surface area contributed by atoms with Crippen LogP contribution in [-0.4, -0.2) is 0 Å². The maximum Gasteiger partial charge on any atom is 0.0314 e. The summed E-state index contributed by atoms with van der Waals surface area (Å²) in [6.07, 6.45) is 4.31. The molecule has 118 valence electrons. The Bertz CT molecular complexity index is 931. The van der Waals surface area contributed by atoms with Gasteiger partial charge >= 0.3 is 0 Å². The number of fused-ring (bicyclic) bond motifs is 3. The summed E-state index contributed by atoms with van der Waals surface area (Å²) in [6.45, 7) is 4.62. The van der Waals surface area contributed by atoms with E-state index in [1.807, 2.05) is 24.3 Å². The van der Waals surface area contributed by atoms with Crippen LogP contribution in [0.1, 0.15) is 36.1 Å². The molecule has 1 nitrogen and oxygen atoms in total. The molecule has 3 aromatic rings. The fraction of sp³-hybridized carbons (Fsp3) is 0.130. The van der Waals surface area contributed by atoms with E-state index < -0.39 is 0 Å². The van der Waals surface area contributed by atoms with Gasteiger partial charge in [0, 0.05) is 11.1 Å². The largest absolute Gasteiger partial charge is 0.399 e. The van der Waals surface area contributed by atoms with E-state index in [0.717, 1.165) is 11.3 Å². The second-order valence-electron chi connectivity index (χ2n) is 6.98. The molecule has 3 aromatic carbocycles. The average Bonchev–Trinajstić information content (AvgIpc) is 2.83. The maximum absolute atomic E-state index is 5.74. The summed E-state index contributed by atoms with van der Waals surface area (Å²) in [7, 11) is 0. The predicted molar refractivity (Wildman–Crippen MR) is 104 cm³/mol. The lowest BCUT2D eigenvalue weighted by atomic mass is 9.82. The van der Waals surface area contributed by atoms with Gasteiger partial charge in [0.1, 0.15) is 0 Å². The highest BCUT2D eigenvalue weighted by atomic mass is 14.5. The molecule has 0 aliphatic heterocycles. The van der Waals surface area contributed by atoms with E-state index in [9.17, 15) is 0 Å². The van der Waals surface area contributed by atoms with Crippen LogP contribution in [0.5, 0.6) is 0 Å². The average molecular weight is 311 g/mol. The first-order chi connectivity index (χ1) is 11.6. The Kier molecular flexibility index (Phi) is 3.31. The molecule has 4 rings (SSSR count). The van der Waals surface area contributed by atoms with Crippen LogP contribution >= 0.6 is 0 Å². The van der Waals surface area contributed by atoms with Gasteiger partial charge in [0.15, 0.2) is 0 Å². The van der Waals surface area contributed by atoms with Gasteiger partial charge < -0.3 is 5.73 Å². The molecule has 0 unspecified atom stereocenters. The molecule has 0 aromatic heterocycles. The Morgan fingerprint density at radius 3 is 2.12 bits per heavy atom. The lowest BCUT2D eigenvalue weighted by Gasteiger charge is -2.21. The zero-order valence-electron chi connectivity index (χ0n) is 14.1. The smallest absolute Gasteiger partial charge is 0.0314 e. The number of rotatable bonds is 2. The molecule has 0 spiro atoms. The molecule has 2 N–H and O–H groups in total. The zero-order chi connectivity index (χ0) is 16.7. The lowest BCUT2D eigenvalue weighted by molar-refractivity contribution is 0.660. The van der Waals surface area contributed by atoms with Crippen molar-refractivity contribution >= 4 is 17.8 Å². The molecule has 0 heterocycles. The van der Waals surface area contributed by atoms with E-state index in [4.69, 9.17) is 5.73 Å². The van der Waals surface area contributed by atoms with Crippen molar-refractivity contribution < 1.29 is 0 Å². The lowest BCUT2D eigenvalue weighted by Crippen LogP contribution is -2.14. The number of benzene rings is 3. The van der Waals surface area contributed by atoms with E-state index in [-0.39, 0.29) is 5.41 Å². The van der Waals surface area contributed by atoms with Crippen LogP contribution < -0.4 is 5.73 Å². The minimum atomic E-state index is 0.0526. The SMILES string of the molecule is CC1(C)c2ccccc2-c2ccc(C=Cc3ccc(N)cc3)cc21. The highest BCUT2D eigenvalue weighted by Gasteiger charge is 2.34. The summed E-state index contributed by atoms with van der Waals surface area (Å²) in [4.78, 5) is 0. The van der Waals surface area contributed by atoms with Crippen molar-refractivity contribution in [3.05, 3.63) is 89.0 Å². The minimum absolute atomic E-state index is 0.0526. The number of anilines is 1. The van der Waals surface area contributed by atoms with Crippen LogP contribution in [0.15, 0.2) is 66.7 Å². The fourth-order valence-corrected chi connectivity index (χ4v) is 3.63. The van der Waals surface area contributed by atoms with Crippen molar-refractivity contribution in [2.24, 2.45) is 0 Å². The molecule has 0 bridgehead atoms. The normalized spacial score (nSPS) is 14.6. The Labute approximate surface area is 143 Å². The van der Waals surface area contributed by atoms with Gasteiger partial charge in [0.05, 0.1) is 0 Å². The first-order valence-electron chi connectivity index (χ1n) is 8.34. The summed E-state index contributed by atoms with van der Waals surface area (Å²) >= 11 is 0. The predicted octanol–water partition coefficient (Wildman–Crippen LogP) is 5.75. The Morgan fingerprint density at radius 2 is 1.33 bits per heavy atom. The van der Waals surface area contributed by atoms with Gasteiger partial charge in [0.2, 0.25) is 0 Å². The van der Waals surface area contributed by atoms with Crippen LogP contribution in [0.3, 0.4) is 0 Å². The Morgan fingerprint density at radius 1 is 0.708 bits per heavy atom. The number of hydrogen-bond acceptors (Lipinski definition) is 1. The number of nitrogen functional groups attached to an aromatic ring is 1. The van der Waals surface area contributed by atoms with Gasteiger partial charge in [-0.25, -0.2) is 0 Å². The van der Waals surface area contributed by atoms with Gasteiger partial charge in [0.25, 0.3) is 0 Å². The molecule has 1 heteroatoms. The van der Waals surface area contributed by atoms with Gasteiger partial charge in [-0.1, -0.05) is 80.6 Å². The summed E-state index contributed by atoms with van der Waals surface area (Å²) in [5, 5.41) is 0. The van der Waals surface area contributed by atoms with E-state index in [1.165, 1.54) is 27.8 Å². The van der Waals surface area contributed by atoms with Crippen molar-refractivity contribution in [2.45, 2.75) is 19.3 Å². The zero-order valence-corrected chi connectivity index (χ0v) is 14.1. The number of nitrogens with two attached hydrogens (primary N) is 1. The summed E-state index contributed by atoms with van der Waals surface area (Å²) in [6, 6.07) is 23.5. The summed E-state index contributed by atoms with van der Waals surface area (Å²) < 4.78 is 0. The highest BCUT2D eigenvalue weighted by Crippen LogP contribution is 2.48.